The molecular formula is C12H21NO2. The van der Waals surface area contributed by atoms with Crippen molar-refractivity contribution in [2.45, 2.75) is 52.7 Å². The Bertz CT molecular complexity index is 276. The summed E-state index contributed by atoms with van der Waals surface area (Å²) in [6, 6.07) is 0.208. The Morgan fingerprint density at radius 3 is 2.00 bits per heavy atom. The number of carbonyl (C=O) groups excluding carboxylic acids is 1. The minimum Gasteiger partial charge on any atom is -0.393 e. The van der Waals surface area contributed by atoms with Crippen molar-refractivity contribution in [1.82, 2.24) is 5.32 Å². The van der Waals surface area contributed by atoms with Gasteiger partial charge in [0, 0.05) is 12.0 Å². The highest BCUT2D eigenvalue weighted by molar-refractivity contribution is 5.84. The van der Waals surface area contributed by atoms with E-state index in [1.807, 2.05) is 0 Å². The van der Waals surface area contributed by atoms with E-state index in [1.54, 1.807) is 0 Å². The van der Waals surface area contributed by atoms with E-state index in [9.17, 15) is 4.79 Å². The molecule has 15 heavy (non-hydrogen) atoms. The van der Waals surface area contributed by atoms with E-state index >= 15 is 0 Å². The highest BCUT2D eigenvalue weighted by Gasteiger charge is 2.68. The smallest absolute Gasteiger partial charge is 0.224 e. The fourth-order valence-corrected chi connectivity index (χ4v) is 2.84. The van der Waals surface area contributed by atoms with Crippen molar-refractivity contribution in [3.8, 4) is 0 Å². The molecular weight excluding hydrogens is 190 g/mol. The molecule has 0 heterocycles. The summed E-state index contributed by atoms with van der Waals surface area (Å²) in [4.78, 5) is 12.0. The first kappa shape index (κ1) is 10.9. The quantitative estimate of drug-likeness (QED) is 0.723. The number of rotatable bonds is 2. The van der Waals surface area contributed by atoms with E-state index in [4.69, 9.17) is 5.11 Å². The van der Waals surface area contributed by atoms with Gasteiger partial charge in [-0.2, -0.15) is 0 Å². The van der Waals surface area contributed by atoms with Crippen LogP contribution in [-0.4, -0.2) is 23.2 Å². The third-order valence-electron chi connectivity index (χ3n) is 4.74. The van der Waals surface area contributed by atoms with Crippen LogP contribution in [0.5, 0.6) is 0 Å². The summed E-state index contributed by atoms with van der Waals surface area (Å²) < 4.78 is 0. The van der Waals surface area contributed by atoms with Crippen LogP contribution in [-0.2, 0) is 4.79 Å². The minimum atomic E-state index is -0.199. The summed E-state index contributed by atoms with van der Waals surface area (Å²) in [6.45, 7) is 8.58. The predicted molar refractivity (Wildman–Crippen MR) is 58.2 cm³/mol. The lowest BCUT2D eigenvalue weighted by Crippen LogP contribution is -2.47. The molecule has 0 atom stereocenters. The Morgan fingerprint density at radius 2 is 1.67 bits per heavy atom. The SMILES string of the molecule is CC1(C)C(C(=O)NC2CC(O)C2)C1(C)C. The zero-order chi connectivity index (χ0) is 11.4. The maximum Gasteiger partial charge on any atom is 0.224 e. The topological polar surface area (TPSA) is 49.3 Å². The van der Waals surface area contributed by atoms with E-state index in [0.717, 1.165) is 12.8 Å². The van der Waals surface area contributed by atoms with Gasteiger partial charge in [-0.05, 0) is 23.7 Å². The zero-order valence-corrected chi connectivity index (χ0v) is 10.0. The molecule has 0 aromatic rings. The summed E-state index contributed by atoms with van der Waals surface area (Å²) in [6.07, 6.45) is 1.24. The molecule has 2 N–H and O–H groups in total. The molecule has 0 aliphatic heterocycles. The van der Waals surface area contributed by atoms with Gasteiger partial charge in [0.1, 0.15) is 0 Å². The summed E-state index contributed by atoms with van der Waals surface area (Å²) in [5, 5.41) is 12.2. The first-order chi connectivity index (χ1) is 6.76. The summed E-state index contributed by atoms with van der Waals surface area (Å²) >= 11 is 0. The van der Waals surface area contributed by atoms with Crippen LogP contribution in [0.2, 0.25) is 0 Å². The van der Waals surface area contributed by atoms with Gasteiger partial charge in [-0.3, -0.25) is 4.79 Å². The van der Waals surface area contributed by atoms with Crippen molar-refractivity contribution in [2.24, 2.45) is 16.7 Å². The van der Waals surface area contributed by atoms with E-state index in [2.05, 4.69) is 33.0 Å². The van der Waals surface area contributed by atoms with Crippen molar-refractivity contribution in [2.75, 3.05) is 0 Å². The lowest BCUT2D eigenvalue weighted by molar-refractivity contribution is -0.125. The Kier molecular flexibility index (Phi) is 2.16. The number of amides is 1. The van der Waals surface area contributed by atoms with E-state index in [1.165, 1.54) is 0 Å². The average Bonchev–Trinajstić information content (AvgIpc) is 2.39. The number of aliphatic hydroxyl groups excluding tert-OH is 1. The standard InChI is InChI=1S/C12H21NO2/c1-11(2)9(12(11,3)4)10(15)13-7-5-8(14)6-7/h7-9,14H,5-6H2,1-4H3,(H,13,15). The third kappa shape index (κ3) is 1.48. The second kappa shape index (κ2) is 2.97. The van der Waals surface area contributed by atoms with Gasteiger partial charge in [-0.25, -0.2) is 0 Å². The van der Waals surface area contributed by atoms with Crippen molar-refractivity contribution < 1.29 is 9.90 Å². The van der Waals surface area contributed by atoms with Gasteiger partial charge in [-0.15, -0.1) is 0 Å². The van der Waals surface area contributed by atoms with Crippen LogP contribution in [0.4, 0.5) is 0 Å². The van der Waals surface area contributed by atoms with Crippen molar-refractivity contribution in [3.63, 3.8) is 0 Å². The van der Waals surface area contributed by atoms with Gasteiger partial charge in [0.2, 0.25) is 5.91 Å². The lowest BCUT2D eigenvalue weighted by Gasteiger charge is -2.32. The van der Waals surface area contributed by atoms with Crippen molar-refractivity contribution in [1.29, 1.82) is 0 Å². The highest BCUT2D eigenvalue weighted by atomic mass is 16.3. The Morgan fingerprint density at radius 1 is 1.20 bits per heavy atom. The van der Waals surface area contributed by atoms with Crippen LogP contribution >= 0.6 is 0 Å². The molecule has 86 valence electrons. The molecule has 0 spiro atoms. The molecule has 1 amide bonds. The third-order valence-corrected chi connectivity index (χ3v) is 4.74. The largest absolute Gasteiger partial charge is 0.393 e. The average molecular weight is 211 g/mol. The molecule has 0 unspecified atom stereocenters. The number of hydrogen-bond acceptors (Lipinski definition) is 2. The maximum absolute atomic E-state index is 12.0. The Labute approximate surface area is 91.2 Å². The second-order valence-corrected chi connectivity index (χ2v) is 6.21. The van der Waals surface area contributed by atoms with Gasteiger partial charge < -0.3 is 10.4 Å². The fourth-order valence-electron chi connectivity index (χ4n) is 2.84. The molecule has 3 heteroatoms. The molecule has 0 radical (unpaired) electrons. The maximum atomic E-state index is 12.0. The lowest BCUT2D eigenvalue weighted by atomic mass is 9.89. The fraction of sp³-hybridized carbons (Fsp3) is 0.917. The molecule has 0 saturated heterocycles. The van der Waals surface area contributed by atoms with Gasteiger partial charge in [0.15, 0.2) is 0 Å². The van der Waals surface area contributed by atoms with Gasteiger partial charge in [0.25, 0.3) is 0 Å². The number of hydrogen-bond donors (Lipinski definition) is 2. The van der Waals surface area contributed by atoms with Crippen LogP contribution in [0.3, 0.4) is 0 Å². The molecule has 0 aromatic heterocycles. The van der Waals surface area contributed by atoms with E-state index in [-0.39, 0.29) is 34.8 Å². The minimum absolute atomic E-state index is 0.111. The molecule has 2 aliphatic rings. The summed E-state index contributed by atoms with van der Waals surface area (Å²) in [7, 11) is 0. The highest BCUT2D eigenvalue weighted by Crippen LogP contribution is 2.68. The molecule has 2 rings (SSSR count). The van der Waals surface area contributed by atoms with Crippen LogP contribution in [0, 0.1) is 16.7 Å². The Balaban J connectivity index is 1.89. The molecule has 0 bridgehead atoms. The number of aliphatic hydroxyl groups is 1. The Hall–Kier alpha value is -0.570. The van der Waals surface area contributed by atoms with Gasteiger partial charge in [-0.1, -0.05) is 27.7 Å². The second-order valence-electron chi connectivity index (χ2n) is 6.21. The van der Waals surface area contributed by atoms with Gasteiger partial charge in [0.05, 0.1) is 6.10 Å². The monoisotopic (exact) mass is 211 g/mol. The van der Waals surface area contributed by atoms with Crippen LogP contribution in [0.15, 0.2) is 0 Å². The number of nitrogens with one attached hydrogen (secondary N) is 1. The van der Waals surface area contributed by atoms with Gasteiger partial charge >= 0.3 is 0 Å². The molecule has 0 aromatic carbocycles. The van der Waals surface area contributed by atoms with E-state index in [0.29, 0.717) is 0 Å². The predicted octanol–water partition coefficient (Wildman–Crippen LogP) is 1.31. The first-order valence-electron chi connectivity index (χ1n) is 5.75. The molecule has 2 saturated carbocycles. The summed E-state index contributed by atoms with van der Waals surface area (Å²) in [5.41, 5.74) is 0.221. The van der Waals surface area contributed by atoms with Crippen LogP contribution in [0.25, 0.3) is 0 Å². The summed E-state index contributed by atoms with van der Waals surface area (Å²) in [5.74, 6) is 0.296. The number of carbonyl (C=O) groups is 1. The van der Waals surface area contributed by atoms with Crippen molar-refractivity contribution in [3.05, 3.63) is 0 Å². The normalized spacial score (nSPS) is 36.9. The van der Waals surface area contributed by atoms with Crippen LogP contribution in [0.1, 0.15) is 40.5 Å². The zero-order valence-electron chi connectivity index (χ0n) is 10.0. The molecule has 3 nitrogen and oxygen atoms in total. The molecule has 2 fully saturated rings. The van der Waals surface area contributed by atoms with Crippen LogP contribution < -0.4 is 5.32 Å². The first-order valence-corrected chi connectivity index (χ1v) is 5.75. The van der Waals surface area contributed by atoms with Crippen molar-refractivity contribution >= 4 is 5.91 Å². The van der Waals surface area contributed by atoms with E-state index < -0.39 is 0 Å². The molecule has 2 aliphatic carbocycles.